The molecule has 0 saturated heterocycles. The average molecular weight is 195 g/mol. The van der Waals surface area contributed by atoms with Crippen LogP contribution in [0.1, 0.15) is 0 Å². The summed E-state index contributed by atoms with van der Waals surface area (Å²) in [5.41, 5.74) is 0.182. The predicted molar refractivity (Wildman–Crippen MR) is 47.6 cm³/mol. The quantitative estimate of drug-likeness (QED) is 0.628. The lowest BCUT2D eigenvalue weighted by Crippen LogP contribution is -2.22. The standard InChI is InChI=1S/C9H9NO4/c1-10-9(13)14-5-6-4-7(11)2-3-8(6)12/h2-4H,5H2,1H3,(H,10,13). The molecular weight excluding hydrogens is 186 g/mol. The van der Waals surface area contributed by atoms with Gasteiger partial charge in [-0.2, -0.15) is 0 Å². The van der Waals surface area contributed by atoms with Crippen LogP contribution >= 0.6 is 0 Å². The third kappa shape index (κ3) is 2.55. The maximum atomic E-state index is 11.1. The fourth-order valence-corrected chi connectivity index (χ4v) is 0.884. The molecule has 0 bridgehead atoms. The van der Waals surface area contributed by atoms with E-state index in [9.17, 15) is 14.4 Å². The lowest BCUT2D eigenvalue weighted by molar-refractivity contribution is -0.114. The van der Waals surface area contributed by atoms with E-state index in [-0.39, 0.29) is 23.7 Å². The topological polar surface area (TPSA) is 72.5 Å². The molecule has 0 unspecified atom stereocenters. The number of alkyl carbamates (subject to hydrolysis) is 1. The second kappa shape index (κ2) is 4.36. The van der Waals surface area contributed by atoms with Gasteiger partial charge in [-0.3, -0.25) is 9.59 Å². The van der Waals surface area contributed by atoms with Crippen molar-refractivity contribution in [1.29, 1.82) is 0 Å². The van der Waals surface area contributed by atoms with Crippen LogP contribution in [-0.2, 0) is 14.3 Å². The Labute approximate surface area is 80.4 Å². The third-order valence-corrected chi connectivity index (χ3v) is 1.59. The van der Waals surface area contributed by atoms with Gasteiger partial charge in [0.15, 0.2) is 11.6 Å². The Balaban J connectivity index is 2.56. The number of carbonyl (C=O) groups excluding carboxylic acids is 3. The molecule has 5 heteroatoms. The number of ketones is 2. The summed E-state index contributed by atoms with van der Waals surface area (Å²) in [6.45, 7) is -0.186. The zero-order valence-corrected chi connectivity index (χ0v) is 7.57. The fourth-order valence-electron chi connectivity index (χ4n) is 0.884. The molecule has 0 aromatic carbocycles. The van der Waals surface area contributed by atoms with E-state index in [0.717, 1.165) is 12.2 Å². The monoisotopic (exact) mass is 195 g/mol. The molecule has 5 nitrogen and oxygen atoms in total. The van der Waals surface area contributed by atoms with Crippen molar-refractivity contribution >= 4 is 17.7 Å². The maximum Gasteiger partial charge on any atom is 0.407 e. The van der Waals surface area contributed by atoms with E-state index in [0.29, 0.717) is 0 Å². The Morgan fingerprint density at radius 3 is 2.79 bits per heavy atom. The smallest absolute Gasteiger partial charge is 0.407 e. The van der Waals surface area contributed by atoms with Crippen LogP contribution in [0.3, 0.4) is 0 Å². The Morgan fingerprint density at radius 1 is 1.43 bits per heavy atom. The zero-order valence-electron chi connectivity index (χ0n) is 7.57. The van der Waals surface area contributed by atoms with E-state index in [1.54, 1.807) is 0 Å². The number of amides is 1. The minimum absolute atomic E-state index is 0.182. The van der Waals surface area contributed by atoms with Gasteiger partial charge in [0.25, 0.3) is 0 Å². The van der Waals surface area contributed by atoms with Crippen molar-refractivity contribution in [2.24, 2.45) is 0 Å². The Hall–Kier alpha value is -1.91. The third-order valence-electron chi connectivity index (χ3n) is 1.59. The molecule has 1 aliphatic rings. The second-order valence-electron chi connectivity index (χ2n) is 2.60. The summed E-state index contributed by atoms with van der Waals surface area (Å²) >= 11 is 0. The minimum Gasteiger partial charge on any atom is -0.445 e. The molecule has 0 spiro atoms. The van der Waals surface area contributed by atoms with E-state index in [1.165, 1.54) is 13.1 Å². The van der Waals surface area contributed by atoms with Gasteiger partial charge in [0.2, 0.25) is 0 Å². The predicted octanol–water partition coefficient (Wildman–Crippen LogP) is -0.0232. The highest BCUT2D eigenvalue weighted by atomic mass is 16.5. The fraction of sp³-hybridized carbons (Fsp3) is 0.222. The molecule has 1 rings (SSSR count). The number of rotatable bonds is 2. The van der Waals surface area contributed by atoms with Gasteiger partial charge in [-0.05, 0) is 18.2 Å². The lowest BCUT2D eigenvalue weighted by atomic mass is 10.1. The average Bonchev–Trinajstić information content (AvgIpc) is 2.19. The zero-order chi connectivity index (χ0) is 10.6. The molecule has 0 atom stereocenters. The molecule has 0 heterocycles. The summed E-state index contributed by atoms with van der Waals surface area (Å²) in [6, 6.07) is 0. The summed E-state index contributed by atoms with van der Waals surface area (Å²) in [7, 11) is 1.41. The number of carbonyl (C=O) groups is 3. The first-order valence-corrected chi connectivity index (χ1v) is 3.95. The van der Waals surface area contributed by atoms with E-state index < -0.39 is 6.09 Å². The Morgan fingerprint density at radius 2 is 2.14 bits per heavy atom. The summed E-state index contributed by atoms with van der Waals surface area (Å²) in [5.74, 6) is -0.589. The first-order chi connectivity index (χ1) is 6.63. The van der Waals surface area contributed by atoms with Gasteiger partial charge < -0.3 is 10.1 Å². The van der Waals surface area contributed by atoms with Gasteiger partial charge in [-0.15, -0.1) is 0 Å². The summed E-state index contributed by atoms with van der Waals surface area (Å²) in [4.78, 5) is 32.7. The number of nitrogens with one attached hydrogen (secondary N) is 1. The van der Waals surface area contributed by atoms with Crippen LogP contribution < -0.4 is 5.32 Å². The van der Waals surface area contributed by atoms with E-state index in [4.69, 9.17) is 0 Å². The highest BCUT2D eigenvalue weighted by molar-refractivity contribution is 6.17. The molecule has 1 N–H and O–H groups in total. The van der Waals surface area contributed by atoms with Crippen molar-refractivity contribution in [2.75, 3.05) is 13.7 Å². The largest absolute Gasteiger partial charge is 0.445 e. The molecule has 0 aliphatic heterocycles. The second-order valence-corrected chi connectivity index (χ2v) is 2.60. The van der Waals surface area contributed by atoms with Crippen molar-refractivity contribution in [2.45, 2.75) is 0 Å². The highest BCUT2D eigenvalue weighted by Gasteiger charge is 2.14. The molecule has 0 aromatic heterocycles. The number of ether oxygens (including phenoxy) is 1. The molecule has 0 fully saturated rings. The number of hydrogen-bond acceptors (Lipinski definition) is 4. The summed E-state index contributed by atoms with van der Waals surface area (Å²) in [5, 5.41) is 2.23. The van der Waals surface area contributed by atoms with Crippen LogP contribution in [-0.4, -0.2) is 31.3 Å². The van der Waals surface area contributed by atoms with Gasteiger partial charge in [-0.25, -0.2) is 4.79 Å². The van der Waals surface area contributed by atoms with Gasteiger partial charge in [0.1, 0.15) is 6.61 Å². The van der Waals surface area contributed by atoms with Crippen LogP contribution in [0.5, 0.6) is 0 Å². The van der Waals surface area contributed by atoms with Crippen molar-refractivity contribution in [3.8, 4) is 0 Å². The van der Waals surface area contributed by atoms with Crippen molar-refractivity contribution in [3.05, 3.63) is 23.8 Å². The van der Waals surface area contributed by atoms with Crippen LogP contribution in [0.4, 0.5) is 4.79 Å². The van der Waals surface area contributed by atoms with Gasteiger partial charge in [-0.1, -0.05) is 0 Å². The van der Waals surface area contributed by atoms with Crippen LogP contribution in [0.2, 0.25) is 0 Å². The summed E-state index contributed by atoms with van der Waals surface area (Å²) < 4.78 is 4.62. The first-order valence-electron chi connectivity index (χ1n) is 3.95. The lowest BCUT2D eigenvalue weighted by Gasteiger charge is -2.07. The van der Waals surface area contributed by atoms with E-state index in [1.807, 2.05) is 0 Å². The van der Waals surface area contributed by atoms with Gasteiger partial charge in [0, 0.05) is 12.6 Å². The molecule has 74 valence electrons. The summed E-state index contributed by atoms with van der Waals surface area (Å²) in [6.07, 6.45) is 2.85. The van der Waals surface area contributed by atoms with Crippen LogP contribution in [0.25, 0.3) is 0 Å². The number of hydrogen-bond donors (Lipinski definition) is 1. The molecule has 0 aromatic rings. The van der Waals surface area contributed by atoms with Gasteiger partial charge in [0.05, 0.1) is 0 Å². The molecular formula is C9H9NO4. The normalized spacial score (nSPS) is 15.1. The van der Waals surface area contributed by atoms with E-state index >= 15 is 0 Å². The molecule has 1 amide bonds. The Bertz CT molecular complexity index is 341. The SMILES string of the molecule is CNC(=O)OCC1=CC(=O)C=CC1=O. The maximum absolute atomic E-state index is 11.1. The number of allylic oxidation sites excluding steroid dienone is 3. The molecule has 0 radical (unpaired) electrons. The minimum atomic E-state index is -0.638. The highest BCUT2D eigenvalue weighted by Crippen LogP contribution is 2.05. The molecule has 1 aliphatic carbocycles. The van der Waals surface area contributed by atoms with Crippen LogP contribution in [0.15, 0.2) is 23.8 Å². The van der Waals surface area contributed by atoms with E-state index in [2.05, 4.69) is 10.1 Å². The van der Waals surface area contributed by atoms with Crippen molar-refractivity contribution < 1.29 is 19.1 Å². The van der Waals surface area contributed by atoms with Gasteiger partial charge >= 0.3 is 6.09 Å². The van der Waals surface area contributed by atoms with Crippen molar-refractivity contribution in [1.82, 2.24) is 5.32 Å². The molecule has 14 heavy (non-hydrogen) atoms. The molecule has 0 saturated carbocycles. The van der Waals surface area contributed by atoms with Crippen LogP contribution in [0, 0.1) is 0 Å². The van der Waals surface area contributed by atoms with Crippen molar-refractivity contribution in [3.63, 3.8) is 0 Å². The Kier molecular flexibility index (Phi) is 3.17. The first kappa shape index (κ1) is 10.2.